The molecule has 104 valence electrons. The Hall–Kier alpha value is -2.14. The Morgan fingerprint density at radius 3 is 2.75 bits per heavy atom. The molecule has 0 spiro atoms. The zero-order valence-corrected chi connectivity index (χ0v) is 11.8. The molecule has 2 rings (SSSR count). The summed E-state index contributed by atoms with van der Waals surface area (Å²) in [6.07, 6.45) is 1.54. The van der Waals surface area contributed by atoms with Crippen LogP contribution in [0.25, 0.3) is 0 Å². The van der Waals surface area contributed by atoms with Crippen molar-refractivity contribution < 1.29 is 9.53 Å². The second-order valence-electron chi connectivity index (χ2n) is 4.30. The molecule has 0 radical (unpaired) electrons. The van der Waals surface area contributed by atoms with E-state index in [2.05, 4.69) is 5.10 Å². The van der Waals surface area contributed by atoms with Gasteiger partial charge in [0.2, 0.25) is 0 Å². The number of Topliss-reactive ketones (excluding diaryl/α,β-unsaturated/α-hetero) is 1. The summed E-state index contributed by atoms with van der Waals surface area (Å²) in [4.78, 5) is 23.8. The van der Waals surface area contributed by atoms with Crippen molar-refractivity contribution >= 4 is 17.4 Å². The van der Waals surface area contributed by atoms with Gasteiger partial charge in [0.25, 0.3) is 5.56 Å². The number of hydrogen-bond donors (Lipinski definition) is 0. The van der Waals surface area contributed by atoms with Crippen LogP contribution in [0.2, 0.25) is 5.02 Å². The van der Waals surface area contributed by atoms with Gasteiger partial charge in [-0.05, 0) is 30.7 Å². The topological polar surface area (TPSA) is 61.2 Å². The molecule has 1 heterocycles. The average Bonchev–Trinajstić information content (AvgIpc) is 2.41. The highest BCUT2D eigenvalue weighted by Gasteiger charge is 2.11. The van der Waals surface area contributed by atoms with E-state index in [0.717, 1.165) is 10.2 Å². The van der Waals surface area contributed by atoms with Crippen LogP contribution >= 0.6 is 11.6 Å². The van der Waals surface area contributed by atoms with Crippen LogP contribution < -0.4 is 10.3 Å². The molecule has 0 amide bonds. The molecular weight excluding hydrogens is 280 g/mol. The van der Waals surface area contributed by atoms with Gasteiger partial charge >= 0.3 is 0 Å². The molecule has 0 saturated heterocycles. The fourth-order valence-corrected chi connectivity index (χ4v) is 1.97. The monoisotopic (exact) mass is 292 g/mol. The normalized spacial score (nSPS) is 10.3. The summed E-state index contributed by atoms with van der Waals surface area (Å²) in [5, 5.41) is 4.27. The number of benzene rings is 1. The first-order valence-corrected chi connectivity index (χ1v) is 6.29. The lowest BCUT2D eigenvalue weighted by Gasteiger charge is -2.06. The predicted molar refractivity (Wildman–Crippen MR) is 75.6 cm³/mol. The standard InChI is InChI=1S/C14H13ClN2O3/c1-9-5-14(19)17(16-7-9)8-12(18)10-3-4-13(20-2)11(15)6-10/h3-7H,8H2,1-2H3. The van der Waals surface area contributed by atoms with Crippen molar-refractivity contribution in [3.8, 4) is 5.75 Å². The molecule has 0 aliphatic carbocycles. The lowest BCUT2D eigenvalue weighted by molar-refractivity contribution is 0.0965. The molecule has 0 fully saturated rings. The van der Waals surface area contributed by atoms with E-state index < -0.39 is 0 Å². The number of ether oxygens (including phenoxy) is 1. The molecule has 5 nitrogen and oxygen atoms in total. The van der Waals surface area contributed by atoms with Crippen molar-refractivity contribution in [3.63, 3.8) is 0 Å². The Morgan fingerprint density at radius 1 is 1.40 bits per heavy atom. The van der Waals surface area contributed by atoms with Gasteiger partial charge in [0, 0.05) is 11.6 Å². The van der Waals surface area contributed by atoms with Crippen molar-refractivity contribution in [2.75, 3.05) is 7.11 Å². The summed E-state index contributed by atoms with van der Waals surface area (Å²) in [6.45, 7) is 1.64. The zero-order chi connectivity index (χ0) is 14.7. The van der Waals surface area contributed by atoms with E-state index in [1.807, 2.05) is 0 Å². The number of hydrogen-bond acceptors (Lipinski definition) is 4. The molecule has 6 heteroatoms. The third-order valence-electron chi connectivity index (χ3n) is 2.77. The van der Waals surface area contributed by atoms with Crippen LogP contribution in [-0.4, -0.2) is 22.7 Å². The molecular formula is C14H13ClN2O3. The second-order valence-corrected chi connectivity index (χ2v) is 4.71. The third-order valence-corrected chi connectivity index (χ3v) is 3.07. The van der Waals surface area contributed by atoms with Crippen molar-refractivity contribution in [1.29, 1.82) is 0 Å². The molecule has 0 aliphatic rings. The highest BCUT2D eigenvalue weighted by atomic mass is 35.5. The van der Waals surface area contributed by atoms with Crippen LogP contribution in [0.5, 0.6) is 5.75 Å². The minimum Gasteiger partial charge on any atom is -0.495 e. The van der Waals surface area contributed by atoms with Gasteiger partial charge in [0.05, 0.1) is 18.3 Å². The number of aryl methyl sites for hydroxylation is 1. The van der Waals surface area contributed by atoms with E-state index in [1.165, 1.54) is 25.4 Å². The van der Waals surface area contributed by atoms with Gasteiger partial charge in [-0.3, -0.25) is 9.59 Å². The highest BCUT2D eigenvalue weighted by molar-refractivity contribution is 6.32. The second kappa shape index (κ2) is 5.88. The van der Waals surface area contributed by atoms with E-state index in [0.29, 0.717) is 16.3 Å². The van der Waals surface area contributed by atoms with Gasteiger partial charge in [0.1, 0.15) is 12.3 Å². The van der Waals surface area contributed by atoms with Crippen LogP contribution in [0.1, 0.15) is 15.9 Å². The van der Waals surface area contributed by atoms with Gasteiger partial charge < -0.3 is 4.74 Å². The number of ketones is 1. The SMILES string of the molecule is COc1ccc(C(=O)Cn2ncc(C)cc2=O)cc1Cl. The van der Waals surface area contributed by atoms with Gasteiger partial charge in [-0.2, -0.15) is 5.10 Å². The number of halogens is 1. The molecule has 1 aromatic carbocycles. The average molecular weight is 293 g/mol. The van der Waals surface area contributed by atoms with Crippen molar-refractivity contribution in [3.05, 3.63) is 57.0 Å². The largest absolute Gasteiger partial charge is 0.495 e. The summed E-state index contributed by atoms with van der Waals surface area (Å²) >= 11 is 5.97. The smallest absolute Gasteiger partial charge is 0.267 e. The molecule has 0 aliphatic heterocycles. The van der Waals surface area contributed by atoms with Gasteiger partial charge in [-0.1, -0.05) is 11.6 Å². The number of nitrogens with zero attached hydrogens (tertiary/aromatic N) is 2. The molecule has 2 aromatic rings. The van der Waals surface area contributed by atoms with Crippen molar-refractivity contribution in [2.24, 2.45) is 0 Å². The summed E-state index contributed by atoms with van der Waals surface area (Å²) in [5.74, 6) is 0.252. The highest BCUT2D eigenvalue weighted by Crippen LogP contribution is 2.25. The first-order valence-electron chi connectivity index (χ1n) is 5.92. The van der Waals surface area contributed by atoms with E-state index in [4.69, 9.17) is 16.3 Å². The van der Waals surface area contributed by atoms with E-state index in [-0.39, 0.29) is 17.9 Å². The van der Waals surface area contributed by atoms with Crippen molar-refractivity contribution in [2.45, 2.75) is 13.5 Å². The maximum Gasteiger partial charge on any atom is 0.267 e. The Kier molecular flexibility index (Phi) is 4.20. The fraction of sp³-hybridized carbons (Fsp3) is 0.214. The van der Waals surface area contributed by atoms with Crippen LogP contribution in [-0.2, 0) is 6.54 Å². The molecule has 0 unspecified atom stereocenters. The molecule has 1 aromatic heterocycles. The number of methoxy groups -OCH3 is 1. The van der Waals surface area contributed by atoms with Gasteiger partial charge in [0.15, 0.2) is 5.78 Å². The lowest BCUT2D eigenvalue weighted by Crippen LogP contribution is -2.26. The zero-order valence-electron chi connectivity index (χ0n) is 11.1. The quantitative estimate of drug-likeness (QED) is 0.810. The Balaban J connectivity index is 2.24. The van der Waals surface area contributed by atoms with E-state index in [9.17, 15) is 9.59 Å². The third kappa shape index (κ3) is 3.05. The number of aromatic nitrogens is 2. The summed E-state index contributed by atoms with van der Waals surface area (Å²) < 4.78 is 6.14. The fourth-order valence-electron chi connectivity index (χ4n) is 1.71. The van der Waals surface area contributed by atoms with Gasteiger partial charge in [-0.15, -0.1) is 0 Å². The predicted octanol–water partition coefficient (Wildman–Crippen LogP) is 2.10. The number of carbonyl (C=O) groups excluding carboxylic acids is 1. The Morgan fingerprint density at radius 2 is 2.15 bits per heavy atom. The first kappa shape index (κ1) is 14.3. The van der Waals surface area contributed by atoms with Crippen LogP contribution in [0.3, 0.4) is 0 Å². The number of carbonyl (C=O) groups is 1. The summed E-state index contributed by atoms with van der Waals surface area (Å²) in [6, 6.07) is 6.16. The molecule has 20 heavy (non-hydrogen) atoms. The molecule has 0 saturated carbocycles. The minimum atomic E-state index is -0.307. The van der Waals surface area contributed by atoms with Crippen LogP contribution in [0.4, 0.5) is 0 Å². The Bertz CT molecular complexity index is 710. The summed E-state index contributed by atoms with van der Waals surface area (Å²) in [5.41, 5.74) is 0.856. The lowest BCUT2D eigenvalue weighted by atomic mass is 10.1. The maximum absolute atomic E-state index is 12.1. The van der Waals surface area contributed by atoms with E-state index >= 15 is 0 Å². The molecule has 0 atom stereocenters. The summed E-state index contributed by atoms with van der Waals surface area (Å²) in [7, 11) is 1.50. The van der Waals surface area contributed by atoms with Crippen LogP contribution in [0.15, 0.2) is 35.3 Å². The Labute approximate surface area is 120 Å². The molecule has 0 N–H and O–H groups in total. The van der Waals surface area contributed by atoms with Gasteiger partial charge in [-0.25, -0.2) is 4.68 Å². The number of rotatable bonds is 4. The van der Waals surface area contributed by atoms with Crippen molar-refractivity contribution in [1.82, 2.24) is 9.78 Å². The van der Waals surface area contributed by atoms with E-state index in [1.54, 1.807) is 19.1 Å². The molecule has 0 bridgehead atoms. The van der Waals surface area contributed by atoms with Crippen LogP contribution in [0, 0.1) is 6.92 Å². The first-order chi connectivity index (χ1) is 9.51. The maximum atomic E-state index is 12.1. The minimum absolute atomic E-state index is 0.123.